The van der Waals surface area contributed by atoms with Crippen molar-refractivity contribution in [2.75, 3.05) is 0 Å². The lowest BCUT2D eigenvalue weighted by Gasteiger charge is -1.93. The molecule has 80 valence electrons. The van der Waals surface area contributed by atoms with Crippen molar-refractivity contribution < 1.29 is 14.7 Å². The van der Waals surface area contributed by atoms with Gasteiger partial charge in [0.1, 0.15) is 0 Å². The third-order valence-corrected chi connectivity index (χ3v) is 2.10. The molecule has 1 aromatic heterocycles. The first-order valence-corrected chi connectivity index (χ1v) is 4.33. The number of carbonyl (C=O) groups is 2. The van der Waals surface area contributed by atoms with Crippen LogP contribution in [0.2, 0.25) is 0 Å². The fourth-order valence-electron chi connectivity index (χ4n) is 1.43. The number of amides is 1. The Labute approximate surface area is 86.6 Å². The number of aryl methyl sites for hydroxylation is 1. The van der Waals surface area contributed by atoms with E-state index in [1.807, 2.05) is 0 Å². The van der Waals surface area contributed by atoms with E-state index < -0.39 is 11.9 Å². The lowest BCUT2D eigenvalue weighted by atomic mass is 10.1. The van der Waals surface area contributed by atoms with Crippen molar-refractivity contribution in [3.63, 3.8) is 0 Å². The maximum absolute atomic E-state index is 10.9. The molecule has 5 nitrogen and oxygen atoms in total. The van der Waals surface area contributed by atoms with Gasteiger partial charge in [-0.05, 0) is 25.5 Å². The molecule has 1 aromatic rings. The first kappa shape index (κ1) is 11.0. The van der Waals surface area contributed by atoms with E-state index in [0.717, 1.165) is 0 Å². The quantitative estimate of drug-likeness (QED) is 0.642. The van der Waals surface area contributed by atoms with E-state index in [-0.39, 0.29) is 5.56 Å². The van der Waals surface area contributed by atoms with E-state index in [2.05, 4.69) is 4.98 Å². The summed E-state index contributed by atoms with van der Waals surface area (Å²) in [6, 6.07) is 0. The molecule has 0 aliphatic rings. The van der Waals surface area contributed by atoms with Crippen LogP contribution in [0, 0.1) is 13.8 Å². The van der Waals surface area contributed by atoms with Crippen LogP contribution in [0.5, 0.6) is 0 Å². The smallest absolute Gasteiger partial charge is 0.337 e. The highest BCUT2D eigenvalue weighted by atomic mass is 16.4. The summed E-state index contributed by atoms with van der Waals surface area (Å²) in [4.78, 5) is 24.2. The van der Waals surface area contributed by atoms with Crippen molar-refractivity contribution in [3.8, 4) is 0 Å². The summed E-state index contributed by atoms with van der Waals surface area (Å²) in [6.07, 6.45) is 2.65. The van der Waals surface area contributed by atoms with Gasteiger partial charge in [-0.15, -0.1) is 0 Å². The van der Waals surface area contributed by atoms with Gasteiger partial charge in [-0.25, -0.2) is 4.79 Å². The van der Waals surface area contributed by atoms with Gasteiger partial charge in [0.25, 0.3) is 0 Å². The molecule has 0 aliphatic heterocycles. The van der Waals surface area contributed by atoms with Crippen LogP contribution < -0.4 is 5.73 Å². The summed E-state index contributed by atoms with van der Waals surface area (Å²) < 4.78 is 0. The van der Waals surface area contributed by atoms with Crippen LogP contribution in [0.25, 0.3) is 6.08 Å². The molecule has 4 N–H and O–H groups in total. The second-order valence-electron chi connectivity index (χ2n) is 3.20. The largest absolute Gasteiger partial charge is 0.478 e. The Morgan fingerprint density at radius 1 is 1.40 bits per heavy atom. The minimum Gasteiger partial charge on any atom is -0.478 e. The highest BCUT2D eigenvalue weighted by molar-refractivity contribution is 5.94. The van der Waals surface area contributed by atoms with Crippen LogP contribution in [-0.4, -0.2) is 22.0 Å². The fraction of sp³-hybridized carbons (Fsp3) is 0.200. The zero-order valence-electron chi connectivity index (χ0n) is 8.50. The number of aromatic carboxylic acids is 1. The minimum absolute atomic E-state index is 0.235. The number of H-pyrrole nitrogens is 1. The molecule has 0 saturated carbocycles. The lowest BCUT2D eigenvalue weighted by molar-refractivity contribution is -0.113. The number of nitrogens with two attached hydrogens (primary N) is 1. The van der Waals surface area contributed by atoms with Crippen molar-refractivity contribution in [1.29, 1.82) is 0 Å². The zero-order valence-corrected chi connectivity index (χ0v) is 8.50. The van der Waals surface area contributed by atoms with Crippen molar-refractivity contribution in [3.05, 3.63) is 28.6 Å². The molecule has 0 unspecified atom stereocenters. The summed E-state index contributed by atoms with van der Waals surface area (Å²) in [5, 5.41) is 8.90. The molecule has 0 aromatic carbocycles. The van der Waals surface area contributed by atoms with Gasteiger partial charge in [-0.1, -0.05) is 0 Å². The Balaban J connectivity index is 3.18. The molecule has 1 heterocycles. The summed E-state index contributed by atoms with van der Waals surface area (Å²) in [6.45, 7) is 3.34. The van der Waals surface area contributed by atoms with Gasteiger partial charge in [0.2, 0.25) is 5.91 Å². The third-order valence-electron chi connectivity index (χ3n) is 2.10. The molecule has 0 aliphatic carbocycles. The number of carboxylic acid groups (broad SMARTS) is 1. The summed E-state index contributed by atoms with van der Waals surface area (Å²) in [7, 11) is 0. The van der Waals surface area contributed by atoms with Crippen LogP contribution in [0.1, 0.15) is 27.3 Å². The molecule has 1 rings (SSSR count). The van der Waals surface area contributed by atoms with Crippen molar-refractivity contribution in [2.45, 2.75) is 13.8 Å². The maximum atomic E-state index is 10.9. The van der Waals surface area contributed by atoms with E-state index in [4.69, 9.17) is 10.8 Å². The van der Waals surface area contributed by atoms with Gasteiger partial charge in [0.15, 0.2) is 0 Å². The van der Waals surface area contributed by atoms with Gasteiger partial charge in [-0.3, -0.25) is 4.79 Å². The van der Waals surface area contributed by atoms with Crippen LogP contribution in [0.3, 0.4) is 0 Å². The molecule has 1 amide bonds. The highest BCUT2D eigenvalue weighted by Gasteiger charge is 2.15. The van der Waals surface area contributed by atoms with E-state index in [9.17, 15) is 9.59 Å². The first-order chi connectivity index (χ1) is 6.93. The van der Waals surface area contributed by atoms with E-state index in [1.165, 1.54) is 12.2 Å². The van der Waals surface area contributed by atoms with Crippen molar-refractivity contribution in [2.24, 2.45) is 5.73 Å². The maximum Gasteiger partial charge on any atom is 0.337 e. The third kappa shape index (κ3) is 2.25. The molecule has 0 fully saturated rings. The number of aromatic nitrogens is 1. The van der Waals surface area contributed by atoms with Gasteiger partial charge in [-0.2, -0.15) is 0 Å². The molecule has 0 saturated heterocycles. The Hall–Kier alpha value is -2.04. The molecule has 0 spiro atoms. The van der Waals surface area contributed by atoms with Crippen LogP contribution in [-0.2, 0) is 4.79 Å². The predicted octanol–water partition coefficient (Wildman–Crippen LogP) is 0.828. The SMILES string of the molecule is Cc1[nH]c(C=CC(N)=O)c(C)c1C(=O)O. The average molecular weight is 208 g/mol. The number of carboxylic acids is 1. The van der Waals surface area contributed by atoms with Crippen molar-refractivity contribution in [1.82, 2.24) is 4.98 Å². The predicted molar refractivity (Wildman–Crippen MR) is 55.5 cm³/mol. The molecule has 5 heteroatoms. The number of aromatic amines is 1. The number of rotatable bonds is 3. The highest BCUT2D eigenvalue weighted by Crippen LogP contribution is 2.18. The normalized spacial score (nSPS) is 10.8. The minimum atomic E-state index is -0.986. The number of primary amides is 1. The summed E-state index contributed by atoms with van der Waals surface area (Å²) >= 11 is 0. The van der Waals surface area contributed by atoms with E-state index in [0.29, 0.717) is 17.0 Å². The van der Waals surface area contributed by atoms with Crippen LogP contribution in [0.4, 0.5) is 0 Å². The van der Waals surface area contributed by atoms with Crippen LogP contribution >= 0.6 is 0 Å². The number of hydrogen-bond acceptors (Lipinski definition) is 2. The number of nitrogens with one attached hydrogen (secondary N) is 1. The Morgan fingerprint density at radius 2 is 2.00 bits per heavy atom. The summed E-state index contributed by atoms with van der Waals surface area (Å²) in [5.41, 5.74) is 6.92. The van der Waals surface area contributed by atoms with Crippen LogP contribution in [0.15, 0.2) is 6.08 Å². The molecular weight excluding hydrogens is 196 g/mol. The van der Waals surface area contributed by atoms with Gasteiger partial charge in [0.05, 0.1) is 5.56 Å². The van der Waals surface area contributed by atoms with Gasteiger partial charge >= 0.3 is 5.97 Å². The standard InChI is InChI=1S/C10H12N2O3/c1-5-7(3-4-8(11)13)12-6(2)9(5)10(14)15/h3-4,12H,1-2H3,(H2,11,13)(H,14,15). The second kappa shape index (κ2) is 4.00. The molecular formula is C10H12N2O3. The van der Waals surface area contributed by atoms with Gasteiger partial charge < -0.3 is 15.8 Å². The Morgan fingerprint density at radius 3 is 2.40 bits per heavy atom. The average Bonchev–Trinajstić information content (AvgIpc) is 2.37. The Kier molecular flexibility index (Phi) is 2.94. The molecule has 0 atom stereocenters. The van der Waals surface area contributed by atoms with E-state index in [1.54, 1.807) is 13.8 Å². The number of hydrogen-bond donors (Lipinski definition) is 3. The second-order valence-corrected chi connectivity index (χ2v) is 3.20. The Bertz CT molecular complexity index is 444. The number of carbonyl (C=O) groups excluding carboxylic acids is 1. The first-order valence-electron chi connectivity index (χ1n) is 4.33. The fourth-order valence-corrected chi connectivity index (χ4v) is 1.43. The molecule has 15 heavy (non-hydrogen) atoms. The van der Waals surface area contributed by atoms with E-state index >= 15 is 0 Å². The molecule has 0 bridgehead atoms. The summed E-state index contributed by atoms with van der Waals surface area (Å²) in [5.74, 6) is -1.56. The molecule has 0 radical (unpaired) electrons. The lowest BCUT2D eigenvalue weighted by Crippen LogP contribution is -2.05. The topological polar surface area (TPSA) is 96.2 Å². The van der Waals surface area contributed by atoms with Crippen molar-refractivity contribution >= 4 is 18.0 Å². The van der Waals surface area contributed by atoms with Gasteiger partial charge in [0, 0.05) is 17.5 Å². The monoisotopic (exact) mass is 208 g/mol. The zero-order chi connectivity index (χ0) is 11.6.